The van der Waals surface area contributed by atoms with Gasteiger partial charge in [-0.1, -0.05) is 6.07 Å². The van der Waals surface area contributed by atoms with E-state index in [1.807, 2.05) is 30.6 Å². The van der Waals surface area contributed by atoms with Gasteiger partial charge in [-0.25, -0.2) is 4.98 Å². The molecule has 1 aromatic heterocycles. The minimum atomic E-state index is -1.00. The summed E-state index contributed by atoms with van der Waals surface area (Å²) in [4.78, 5) is 16.8. The van der Waals surface area contributed by atoms with Crippen LogP contribution in [0.25, 0.3) is 0 Å². The van der Waals surface area contributed by atoms with Crippen molar-refractivity contribution >= 4 is 11.9 Å². The van der Waals surface area contributed by atoms with Crippen LogP contribution in [0.15, 0.2) is 35.6 Å². The Labute approximate surface area is 106 Å². The Hall–Kier alpha value is -2.15. The number of aliphatic imine (C=N–C) groups is 1. The van der Waals surface area contributed by atoms with Crippen molar-refractivity contribution in [2.24, 2.45) is 22.2 Å². The van der Waals surface area contributed by atoms with Crippen LogP contribution >= 0.6 is 0 Å². The fourth-order valence-corrected chi connectivity index (χ4v) is 0.985. The second-order valence-corrected chi connectivity index (χ2v) is 3.47. The molecular weight excluding hydrogens is 234 g/mol. The number of nitrogens with one attached hydrogen (secondary N) is 1. The van der Waals surface area contributed by atoms with Crippen molar-refractivity contribution in [1.29, 1.82) is 0 Å². The first-order valence-corrected chi connectivity index (χ1v) is 5.49. The van der Waals surface area contributed by atoms with Crippen molar-refractivity contribution in [1.82, 2.24) is 0 Å². The maximum atomic E-state index is 10.2. The number of aromatic amines is 1. The highest BCUT2D eigenvalue weighted by Gasteiger charge is 2.09. The van der Waals surface area contributed by atoms with Gasteiger partial charge in [0, 0.05) is 18.7 Å². The molecule has 0 bridgehead atoms. The molecule has 8 N–H and O–H groups in total. The minimum Gasteiger partial charge on any atom is -0.480 e. The molecule has 0 aliphatic heterocycles. The lowest BCUT2D eigenvalue weighted by atomic mass is 10.2. The average molecular weight is 254 g/mol. The van der Waals surface area contributed by atoms with E-state index in [4.69, 9.17) is 22.3 Å². The summed E-state index contributed by atoms with van der Waals surface area (Å²) in [5.74, 6) is -0.987. The van der Waals surface area contributed by atoms with Gasteiger partial charge in [-0.3, -0.25) is 9.79 Å². The van der Waals surface area contributed by atoms with Crippen LogP contribution in [0.2, 0.25) is 0 Å². The Balaban J connectivity index is 0.000000397. The third-order valence-electron chi connectivity index (χ3n) is 1.89. The quantitative estimate of drug-likeness (QED) is 0.301. The number of hydrogen-bond donors (Lipinski definition) is 4. The molecule has 0 fully saturated rings. The van der Waals surface area contributed by atoms with Crippen molar-refractivity contribution in [2.75, 3.05) is 6.54 Å². The number of pyridine rings is 1. The molecule has 7 nitrogen and oxygen atoms in total. The summed E-state index contributed by atoms with van der Waals surface area (Å²) in [6.45, 7) is 0.420. The molecule has 1 aromatic rings. The lowest BCUT2D eigenvalue weighted by molar-refractivity contribution is -0.377. The third-order valence-corrected chi connectivity index (χ3v) is 1.89. The predicted octanol–water partition coefficient (Wildman–Crippen LogP) is -1.05. The van der Waals surface area contributed by atoms with E-state index in [0.29, 0.717) is 19.4 Å². The van der Waals surface area contributed by atoms with E-state index in [-0.39, 0.29) is 5.96 Å². The number of H-pyrrole nitrogens is 1. The van der Waals surface area contributed by atoms with Crippen LogP contribution in [0.3, 0.4) is 0 Å². The van der Waals surface area contributed by atoms with Gasteiger partial charge >= 0.3 is 5.97 Å². The van der Waals surface area contributed by atoms with Crippen LogP contribution in [0, 0.1) is 0 Å². The molecule has 18 heavy (non-hydrogen) atoms. The van der Waals surface area contributed by atoms with E-state index in [1.54, 1.807) is 0 Å². The number of carbonyl (C=O) groups is 1. The van der Waals surface area contributed by atoms with Crippen molar-refractivity contribution in [2.45, 2.75) is 18.9 Å². The summed E-state index contributed by atoms with van der Waals surface area (Å²) in [6.07, 6.45) is 4.71. The Morgan fingerprint density at radius 2 is 1.89 bits per heavy atom. The number of rotatable bonds is 5. The van der Waals surface area contributed by atoms with Crippen molar-refractivity contribution < 1.29 is 14.9 Å². The van der Waals surface area contributed by atoms with Gasteiger partial charge in [-0.2, -0.15) is 0 Å². The number of aromatic nitrogens is 1. The smallest absolute Gasteiger partial charge is 0.320 e. The molecule has 0 amide bonds. The van der Waals surface area contributed by atoms with Crippen LogP contribution in [-0.2, 0) is 4.79 Å². The van der Waals surface area contributed by atoms with Crippen molar-refractivity contribution in [3.8, 4) is 0 Å². The lowest BCUT2D eigenvalue weighted by Gasteiger charge is -2.03. The summed E-state index contributed by atoms with van der Waals surface area (Å²) in [5.41, 5.74) is 15.3. The number of carboxylic acid groups (broad SMARTS) is 1. The molecule has 1 rings (SSSR count). The van der Waals surface area contributed by atoms with Gasteiger partial charge in [0.1, 0.15) is 6.04 Å². The molecule has 1 heterocycles. The Morgan fingerprint density at radius 3 is 2.22 bits per heavy atom. The fourth-order valence-electron chi connectivity index (χ4n) is 0.985. The third kappa shape index (κ3) is 10.4. The first-order chi connectivity index (χ1) is 8.54. The number of aliphatic carboxylic acids is 1. The monoisotopic (exact) mass is 254 g/mol. The zero-order valence-corrected chi connectivity index (χ0v) is 10.1. The molecule has 0 aliphatic rings. The number of hydrogen-bond acceptors (Lipinski definition) is 3. The first-order valence-electron chi connectivity index (χ1n) is 5.49. The van der Waals surface area contributed by atoms with Gasteiger partial charge in [0.25, 0.3) is 0 Å². The van der Waals surface area contributed by atoms with Crippen LogP contribution in [0.1, 0.15) is 12.8 Å². The number of nitrogens with zero attached hydrogens (tertiary/aromatic N) is 1. The molecule has 1 atom stereocenters. The SMILES string of the molecule is NC(N)=NCCCC(N)C(=O)O.c1cc[nH+]cc1. The Bertz CT molecular complexity index is 325. The van der Waals surface area contributed by atoms with E-state index in [9.17, 15) is 4.79 Å². The Kier molecular flexibility index (Phi) is 8.83. The van der Waals surface area contributed by atoms with E-state index in [0.717, 1.165) is 0 Å². The van der Waals surface area contributed by atoms with Crippen LogP contribution < -0.4 is 22.2 Å². The van der Waals surface area contributed by atoms with E-state index in [2.05, 4.69) is 9.98 Å². The Morgan fingerprint density at radius 1 is 1.28 bits per heavy atom. The van der Waals surface area contributed by atoms with Crippen molar-refractivity contribution in [3.63, 3.8) is 0 Å². The molecule has 7 heteroatoms. The summed E-state index contributed by atoms with van der Waals surface area (Å²) in [7, 11) is 0. The predicted molar refractivity (Wildman–Crippen MR) is 68.5 cm³/mol. The lowest BCUT2D eigenvalue weighted by Crippen LogP contribution is -2.30. The molecule has 0 saturated heterocycles. The zero-order valence-electron chi connectivity index (χ0n) is 10.1. The zero-order chi connectivity index (χ0) is 13.8. The molecule has 0 aromatic carbocycles. The van der Waals surface area contributed by atoms with Crippen LogP contribution in [0.5, 0.6) is 0 Å². The summed E-state index contributed by atoms with van der Waals surface area (Å²) < 4.78 is 0. The maximum Gasteiger partial charge on any atom is 0.320 e. The topological polar surface area (TPSA) is 142 Å². The summed E-state index contributed by atoms with van der Waals surface area (Å²) >= 11 is 0. The molecule has 0 spiro atoms. The van der Waals surface area contributed by atoms with Gasteiger partial charge in [0.2, 0.25) is 0 Å². The van der Waals surface area contributed by atoms with E-state index in [1.165, 1.54) is 0 Å². The van der Waals surface area contributed by atoms with Gasteiger partial charge in [-0.05, 0) is 12.8 Å². The second-order valence-electron chi connectivity index (χ2n) is 3.47. The van der Waals surface area contributed by atoms with Gasteiger partial charge in [0.15, 0.2) is 18.4 Å². The molecular formula is C11H20N5O2+. The molecule has 0 saturated carbocycles. The van der Waals surface area contributed by atoms with E-state index >= 15 is 0 Å². The van der Waals surface area contributed by atoms with Gasteiger partial charge in [-0.15, -0.1) is 0 Å². The van der Waals surface area contributed by atoms with Crippen molar-refractivity contribution in [3.05, 3.63) is 30.6 Å². The van der Waals surface area contributed by atoms with Gasteiger partial charge in [0.05, 0.1) is 0 Å². The molecule has 0 radical (unpaired) electrons. The number of nitrogens with two attached hydrogens (primary N) is 3. The number of guanidine groups is 1. The van der Waals surface area contributed by atoms with Gasteiger partial charge < -0.3 is 22.3 Å². The van der Waals surface area contributed by atoms with Crippen LogP contribution in [-0.4, -0.2) is 29.6 Å². The minimum absolute atomic E-state index is 0.0129. The summed E-state index contributed by atoms with van der Waals surface area (Å²) in [5, 5.41) is 8.38. The normalized spacial score (nSPS) is 10.7. The summed E-state index contributed by atoms with van der Waals surface area (Å²) in [6, 6.07) is 5.04. The highest BCUT2D eigenvalue weighted by atomic mass is 16.4. The highest BCUT2D eigenvalue weighted by Crippen LogP contribution is 1.94. The highest BCUT2D eigenvalue weighted by molar-refractivity contribution is 5.75. The molecule has 0 aliphatic carbocycles. The molecule has 100 valence electrons. The second kappa shape index (κ2) is 10.0. The first kappa shape index (κ1) is 15.9. The fraction of sp³-hybridized carbons (Fsp3) is 0.364. The maximum absolute atomic E-state index is 10.2. The number of carboxylic acids is 1. The van der Waals surface area contributed by atoms with E-state index < -0.39 is 12.0 Å². The standard InChI is InChI=1S/C6H14N4O2.C5H5N/c7-4(5(11)12)2-1-3-10-6(8)9;1-2-4-6-5-3-1/h4H,1-3,7H2,(H,11,12)(H4,8,9,10);1-5H/p+1. The average Bonchev–Trinajstić information content (AvgIpc) is 2.37. The molecule has 1 unspecified atom stereocenters. The largest absolute Gasteiger partial charge is 0.480 e. The van der Waals surface area contributed by atoms with Crippen LogP contribution in [0.4, 0.5) is 0 Å².